The molecule has 0 radical (unpaired) electrons. The minimum Gasteiger partial charge on any atom is -0.489 e. The van der Waals surface area contributed by atoms with Crippen LogP contribution in [0.25, 0.3) is 16.9 Å². The van der Waals surface area contributed by atoms with Crippen molar-refractivity contribution in [1.29, 1.82) is 0 Å². The van der Waals surface area contributed by atoms with E-state index in [1.165, 1.54) is 22.8 Å². The first-order valence-corrected chi connectivity index (χ1v) is 10.9. The van der Waals surface area contributed by atoms with Gasteiger partial charge in [-0.3, -0.25) is 14.9 Å². The van der Waals surface area contributed by atoms with Crippen molar-refractivity contribution in [1.82, 2.24) is 14.6 Å². The molecule has 0 bridgehead atoms. The van der Waals surface area contributed by atoms with Crippen molar-refractivity contribution in [3.63, 3.8) is 0 Å². The van der Waals surface area contributed by atoms with Gasteiger partial charge in [-0.25, -0.2) is 14.3 Å². The van der Waals surface area contributed by atoms with Crippen LogP contribution in [0.5, 0.6) is 11.5 Å². The van der Waals surface area contributed by atoms with Gasteiger partial charge in [-0.15, -0.1) is 0 Å². The lowest BCUT2D eigenvalue weighted by Crippen LogP contribution is -2.21. The minimum absolute atomic E-state index is 0.0714. The first kappa shape index (κ1) is 22.8. The van der Waals surface area contributed by atoms with Crippen molar-refractivity contribution in [3.05, 3.63) is 76.6 Å². The number of nitrogens with zero attached hydrogens (tertiary/aromatic N) is 4. The Morgan fingerprint density at radius 3 is 2.61 bits per heavy atom. The Bertz CT molecular complexity index is 1470. The SMILES string of the molecule is O=C(COC(=O)c1cnn2c(-c3ccccc3)ccnc12)Nc1cc2c(cc1[N+](=O)[O-])OCCCO2. The molecular formula is C24H19N5O7. The van der Waals surface area contributed by atoms with Crippen LogP contribution in [0.1, 0.15) is 16.8 Å². The summed E-state index contributed by atoms with van der Waals surface area (Å²) in [6.07, 6.45) is 3.47. The minimum atomic E-state index is -0.814. The average Bonchev–Trinajstić information content (AvgIpc) is 3.19. The third-order valence-electron chi connectivity index (χ3n) is 5.36. The third kappa shape index (κ3) is 4.51. The zero-order valence-electron chi connectivity index (χ0n) is 18.7. The molecule has 0 unspecified atom stereocenters. The monoisotopic (exact) mass is 489 g/mol. The Balaban J connectivity index is 1.31. The van der Waals surface area contributed by atoms with Gasteiger partial charge in [0.1, 0.15) is 11.3 Å². The van der Waals surface area contributed by atoms with E-state index in [-0.39, 0.29) is 34.1 Å². The lowest BCUT2D eigenvalue weighted by atomic mass is 10.1. The molecule has 1 aliphatic rings. The molecule has 0 aliphatic carbocycles. The second kappa shape index (κ2) is 9.70. The number of amides is 1. The van der Waals surface area contributed by atoms with Crippen LogP contribution in [0.3, 0.4) is 0 Å². The fraction of sp³-hybridized carbons (Fsp3) is 0.167. The number of esters is 1. The van der Waals surface area contributed by atoms with E-state index in [4.69, 9.17) is 14.2 Å². The molecule has 3 heterocycles. The van der Waals surface area contributed by atoms with Gasteiger partial charge in [0.25, 0.3) is 11.6 Å². The van der Waals surface area contributed by atoms with Gasteiger partial charge >= 0.3 is 5.97 Å². The summed E-state index contributed by atoms with van der Waals surface area (Å²) in [6.45, 7) is 0.0483. The molecule has 0 atom stereocenters. The van der Waals surface area contributed by atoms with E-state index in [2.05, 4.69) is 15.4 Å². The number of fused-ring (bicyclic) bond motifs is 2. The Labute approximate surface area is 203 Å². The number of hydrogen-bond donors (Lipinski definition) is 1. The van der Waals surface area contributed by atoms with Crippen molar-refractivity contribution in [2.24, 2.45) is 0 Å². The van der Waals surface area contributed by atoms with Crippen LogP contribution in [-0.4, -0.2) is 51.2 Å². The van der Waals surface area contributed by atoms with Gasteiger partial charge in [-0.2, -0.15) is 5.10 Å². The van der Waals surface area contributed by atoms with Gasteiger partial charge < -0.3 is 19.5 Å². The van der Waals surface area contributed by atoms with Gasteiger partial charge in [-0.1, -0.05) is 30.3 Å². The van der Waals surface area contributed by atoms with E-state index < -0.39 is 23.4 Å². The van der Waals surface area contributed by atoms with Crippen molar-refractivity contribution >= 4 is 28.9 Å². The first-order valence-electron chi connectivity index (χ1n) is 10.9. The van der Waals surface area contributed by atoms with E-state index in [0.29, 0.717) is 19.6 Å². The Kier molecular flexibility index (Phi) is 6.14. The topological polar surface area (TPSA) is 147 Å². The molecule has 5 rings (SSSR count). The summed E-state index contributed by atoms with van der Waals surface area (Å²) >= 11 is 0. The largest absolute Gasteiger partial charge is 0.489 e. The lowest BCUT2D eigenvalue weighted by Gasteiger charge is -2.11. The number of nitro benzene ring substituents is 1. The lowest BCUT2D eigenvalue weighted by molar-refractivity contribution is -0.384. The number of anilines is 1. The molecule has 0 saturated carbocycles. The van der Waals surface area contributed by atoms with Crippen LogP contribution >= 0.6 is 0 Å². The van der Waals surface area contributed by atoms with E-state index in [9.17, 15) is 19.7 Å². The van der Waals surface area contributed by atoms with E-state index in [1.807, 2.05) is 30.3 Å². The molecule has 0 spiro atoms. The number of aromatic nitrogens is 3. The molecule has 4 aromatic rings. The maximum atomic E-state index is 12.7. The molecule has 12 nitrogen and oxygen atoms in total. The summed E-state index contributed by atoms with van der Waals surface area (Å²) < 4.78 is 17.6. The van der Waals surface area contributed by atoms with Crippen LogP contribution in [0.15, 0.2) is 60.9 Å². The summed E-state index contributed by atoms with van der Waals surface area (Å²) in [5.41, 5.74) is 1.46. The maximum Gasteiger partial charge on any atom is 0.344 e. The smallest absolute Gasteiger partial charge is 0.344 e. The summed E-state index contributed by atoms with van der Waals surface area (Å²) in [6, 6.07) is 13.7. The second-order valence-electron chi connectivity index (χ2n) is 7.74. The van der Waals surface area contributed by atoms with Gasteiger partial charge in [0.2, 0.25) is 0 Å². The normalized spacial score (nSPS) is 12.6. The summed E-state index contributed by atoms with van der Waals surface area (Å²) in [7, 11) is 0. The number of benzene rings is 2. The third-order valence-corrected chi connectivity index (χ3v) is 5.36. The standard InChI is InChI=1S/C24H19N5O7/c30-22(27-17-11-20-21(12-19(17)29(32)33)35-10-4-9-34-20)14-36-24(31)16-13-26-28-18(7-8-25-23(16)28)15-5-2-1-3-6-15/h1-3,5-8,11-13H,4,9-10,14H2,(H,27,30). The van der Waals surface area contributed by atoms with Crippen molar-refractivity contribution in [3.8, 4) is 22.8 Å². The number of carbonyl (C=O) groups is 2. The number of hydrogen-bond acceptors (Lipinski definition) is 9. The Morgan fingerprint density at radius 2 is 1.86 bits per heavy atom. The Hall–Kier alpha value is -5.00. The van der Waals surface area contributed by atoms with Crippen LogP contribution in [0.4, 0.5) is 11.4 Å². The zero-order valence-corrected chi connectivity index (χ0v) is 18.7. The summed E-state index contributed by atoms with van der Waals surface area (Å²) in [4.78, 5) is 40.3. The zero-order chi connectivity index (χ0) is 25.1. The molecule has 1 aliphatic heterocycles. The van der Waals surface area contributed by atoms with Gasteiger partial charge in [0, 0.05) is 24.2 Å². The molecule has 1 amide bonds. The second-order valence-corrected chi connectivity index (χ2v) is 7.74. The highest BCUT2D eigenvalue weighted by Crippen LogP contribution is 2.39. The van der Waals surface area contributed by atoms with Gasteiger partial charge in [0.15, 0.2) is 23.8 Å². The quantitative estimate of drug-likeness (QED) is 0.245. The molecular weight excluding hydrogens is 470 g/mol. The molecule has 0 fully saturated rings. The summed E-state index contributed by atoms with van der Waals surface area (Å²) in [5.74, 6) is -1.09. The summed E-state index contributed by atoms with van der Waals surface area (Å²) in [5, 5.41) is 18.2. The average molecular weight is 489 g/mol. The molecule has 2 aromatic heterocycles. The van der Waals surface area contributed by atoms with E-state index in [1.54, 1.807) is 12.3 Å². The van der Waals surface area contributed by atoms with Gasteiger partial charge in [-0.05, 0) is 6.07 Å². The molecule has 12 heteroatoms. The fourth-order valence-corrected chi connectivity index (χ4v) is 3.71. The molecule has 2 aromatic carbocycles. The molecule has 36 heavy (non-hydrogen) atoms. The highest BCUT2D eigenvalue weighted by Gasteiger charge is 2.24. The van der Waals surface area contributed by atoms with E-state index in [0.717, 1.165) is 11.3 Å². The molecule has 182 valence electrons. The highest BCUT2D eigenvalue weighted by atomic mass is 16.6. The number of carbonyl (C=O) groups excluding carboxylic acids is 2. The fourth-order valence-electron chi connectivity index (χ4n) is 3.71. The van der Waals surface area contributed by atoms with Crippen LogP contribution in [0, 0.1) is 10.1 Å². The number of nitro groups is 1. The highest BCUT2D eigenvalue weighted by molar-refractivity contribution is 5.99. The maximum absolute atomic E-state index is 12.7. The Morgan fingerprint density at radius 1 is 1.11 bits per heavy atom. The van der Waals surface area contributed by atoms with E-state index >= 15 is 0 Å². The predicted octanol–water partition coefficient (Wildman–Crippen LogP) is 3.26. The predicted molar refractivity (Wildman–Crippen MR) is 126 cm³/mol. The van der Waals surface area contributed by atoms with Crippen LogP contribution < -0.4 is 14.8 Å². The van der Waals surface area contributed by atoms with Crippen molar-refractivity contribution < 1.29 is 28.7 Å². The van der Waals surface area contributed by atoms with Crippen LogP contribution in [0.2, 0.25) is 0 Å². The van der Waals surface area contributed by atoms with Crippen molar-refractivity contribution in [2.75, 3.05) is 25.1 Å². The number of nitrogens with one attached hydrogen (secondary N) is 1. The number of ether oxygens (including phenoxy) is 3. The molecule has 0 saturated heterocycles. The first-order chi connectivity index (χ1) is 17.5. The van der Waals surface area contributed by atoms with Crippen molar-refractivity contribution in [2.45, 2.75) is 6.42 Å². The molecule has 1 N–H and O–H groups in total. The van der Waals surface area contributed by atoms with Crippen LogP contribution in [-0.2, 0) is 9.53 Å². The van der Waals surface area contributed by atoms with Gasteiger partial charge in [0.05, 0.1) is 36.1 Å². The number of rotatable bonds is 6.